The molecule has 3 N–H and O–H groups in total. The first-order chi connectivity index (χ1) is 8.15. The van der Waals surface area contributed by atoms with E-state index in [1.807, 2.05) is 0 Å². The third-order valence-electron chi connectivity index (χ3n) is 2.67. The molecule has 1 atom stereocenters. The Labute approximate surface area is 99.5 Å². The van der Waals surface area contributed by atoms with Gasteiger partial charge in [-0.2, -0.15) is 0 Å². The summed E-state index contributed by atoms with van der Waals surface area (Å²) in [6.07, 6.45) is 3.98. The molecule has 1 fully saturated rings. The highest BCUT2D eigenvalue weighted by Crippen LogP contribution is 2.28. The molecule has 1 aliphatic carbocycles. The Morgan fingerprint density at radius 1 is 1.53 bits per heavy atom. The van der Waals surface area contributed by atoms with Crippen molar-refractivity contribution in [2.45, 2.75) is 25.8 Å². The largest absolute Gasteiger partial charge is 0.480 e. The van der Waals surface area contributed by atoms with Gasteiger partial charge in [0.05, 0.1) is 0 Å². The fraction of sp³-hybridized carbons (Fsp3) is 0.545. The highest BCUT2D eigenvalue weighted by atomic mass is 16.4. The summed E-state index contributed by atoms with van der Waals surface area (Å²) >= 11 is 0. The zero-order chi connectivity index (χ0) is 12.3. The number of aromatic nitrogens is 2. The summed E-state index contributed by atoms with van der Waals surface area (Å²) in [5.74, 6) is 1.11. The minimum Gasteiger partial charge on any atom is -0.480 e. The second kappa shape index (κ2) is 4.99. The van der Waals surface area contributed by atoms with Gasteiger partial charge >= 0.3 is 5.97 Å². The van der Waals surface area contributed by atoms with E-state index in [2.05, 4.69) is 20.6 Å². The van der Waals surface area contributed by atoms with Crippen LogP contribution in [0.2, 0.25) is 0 Å². The van der Waals surface area contributed by atoms with Gasteiger partial charge in [-0.05, 0) is 25.7 Å². The maximum absolute atomic E-state index is 10.7. The van der Waals surface area contributed by atoms with Crippen molar-refractivity contribution in [3.63, 3.8) is 0 Å². The molecule has 92 valence electrons. The summed E-state index contributed by atoms with van der Waals surface area (Å²) in [5.41, 5.74) is 0. The van der Waals surface area contributed by atoms with Gasteiger partial charge in [-0.25, -0.2) is 9.97 Å². The number of hydrogen-bond acceptors (Lipinski definition) is 5. The van der Waals surface area contributed by atoms with Gasteiger partial charge in [-0.3, -0.25) is 4.79 Å². The number of carboxylic acids is 1. The SMILES string of the molecule is CC(Nc1cc(NCC2CC2)ncn1)C(=O)O. The minimum atomic E-state index is -0.906. The smallest absolute Gasteiger partial charge is 0.325 e. The number of hydrogen-bond donors (Lipinski definition) is 3. The van der Waals surface area contributed by atoms with E-state index in [9.17, 15) is 4.79 Å². The molecule has 1 heterocycles. The summed E-state index contributed by atoms with van der Waals surface area (Å²) in [7, 11) is 0. The number of rotatable bonds is 6. The molecule has 0 saturated heterocycles. The Morgan fingerprint density at radius 3 is 2.88 bits per heavy atom. The fourth-order valence-electron chi connectivity index (χ4n) is 1.39. The second-order valence-electron chi connectivity index (χ2n) is 4.32. The van der Waals surface area contributed by atoms with Gasteiger partial charge in [0.15, 0.2) is 0 Å². The number of carbonyl (C=O) groups is 1. The van der Waals surface area contributed by atoms with Crippen LogP contribution in [0.1, 0.15) is 19.8 Å². The number of anilines is 2. The zero-order valence-corrected chi connectivity index (χ0v) is 9.68. The van der Waals surface area contributed by atoms with Gasteiger partial charge in [-0.15, -0.1) is 0 Å². The van der Waals surface area contributed by atoms with Crippen molar-refractivity contribution in [3.8, 4) is 0 Å². The monoisotopic (exact) mass is 236 g/mol. The van der Waals surface area contributed by atoms with E-state index in [0.29, 0.717) is 5.82 Å². The normalized spacial score (nSPS) is 16.3. The van der Waals surface area contributed by atoms with Crippen molar-refractivity contribution in [3.05, 3.63) is 12.4 Å². The fourth-order valence-corrected chi connectivity index (χ4v) is 1.39. The van der Waals surface area contributed by atoms with Crippen LogP contribution in [0.3, 0.4) is 0 Å². The van der Waals surface area contributed by atoms with Gasteiger partial charge in [0.1, 0.15) is 24.0 Å². The molecule has 0 amide bonds. The van der Waals surface area contributed by atoms with Gasteiger partial charge in [-0.1, -0.05) is 0 Å². The molecule has 2 rings (SSSR count). The first kappa shape index (κ1) is 11.6. The van der Waals surface area contributed by atoms with Crippen LogP contribution in [0.15, 0.2) is 12.4 Å². The quantitative estimate of drug-likeness (QED) is 0.687. The maximum Gasteiger partial charge on any atom is 0.325 e. The highest BCUT2D eigenvalue weighted by molar-refractivity contribution is 5.76. The predicted octanol–water partition coefficient (Wildman–Crippen LogP) is 1.18. The lowest BCUT2D eigenvalue weighted by Gasteiger charge is -2.11. The molecule has 0 aromatic carbocycles. The first-order valence-corrected chi connectivity index (χ1v) is 5.70. The van der Waals surface area contributed by atoms with Crippen LogP contribution < -0.4 is 10.6 Å². The molecule has 0 bridgehead atoms. The third kappa shape index (κ3) is 3.58. The average Bonchev–Trinajstić information content (AvgIpc) is 3.10. The summed E-state index contributed by atoms with van der Waals surface area (Å²) < 4.78 is 0. The van der Waals surface area contributed by atoms with E-state index in [-0.39, 0.29) is 0 Å². The molecule has 0 spiro atoms. The molecule has 0 radical (unpaired) electrons. The lowest BCUT2D eigenvalue weighted by molar-refractivity contribution is -0.137. The Hall–Kier alpha value is -1.85. The minimum absolute atomic E-state index is 0.521. The van der Waals surface area contributed by atoms with Crippen molar-refractivity contribution in [1.82, 2.24) is 9.97 Å². The molecular weight excluding hydrogens is 220 g/mol. The van der Waals surface area contributed by atoms with Gasteiger partial charge in [0, 0.05) is 12.6 Å². The van der Waals surface area contributed by atoms with E-state index in [0.717, 1.165) is 18.3 Å². The molecule has 1 unspecified atom stereocenters. The maximum atomic E-state index is 10.7. The molecule has 17 heavy (non-hydrogen) atoms. The van der Waals surface area contributed by atoms with Crippen LogP contribution >= 0.6 is 0 Å². The highest BCUT2D eigenvalue weighted by Gasteiger charge is 2.20. The van der Waals surface area contributed by atoms with Crippen LogP contribution in [0.25, 0.3) is 0 Å². The molecule has 1 aromatic rings. The van der Waals surface area contributed by atoms with E-state index >= 15 is 0 Å². The molecule has 1 aliphatic rings. The topological polar surface area (TPSA) is 87.1 Å². The number of carboxylic acid groups (broad SMARTS) is 1. The van der Waals surface area contributed by atoms with E-state index < -0.39 is 12.0 Å². The summed E-state index contributed by atoms with van der Waals surface area (Å²) in [6.45, 7) is 2.49. The molecule has 1 saturated carbocycles. The average molecular weight is 236 g/mol. The van der Waals surface area contributed by atoms with E-state index in [1.165, 1.54) is 19.2 Å². The molecule has 0 aliphatic heterocycles. The molecule has 6 heteroatoms. The lowest BCUT2D eigenvalue weighted by atomic mass is 10.3. The van der Waals surface area contributed by atoms with Gasteiger partial charge in [0.2, 0.25) is 0 Å². The Balaban J connectivity index is 1.92. The van der Waals surface area contributed by atoms with Crippen LogP contribution in [0.4, 0.5) is 11.6 Å². The lowest BCUT2D eigenvalue weighted by Crippen LogP contribution is -2.26. The Morgan fingerprint density at radius 2 is 2.24 bits per heavy atom. The van der Waals surface area contributed by atoms with E-state index in [1.54, 1.807) is 13.0 Å². The molecule has 1 aromatic heterocycles. The first-order valence-electron chi connectivity index (χ1n) is 5.70. The Kier molecular flexibility index (Phi) is 3.41. The van der Waals surface area contributed by atoms with Crippen LogP contribution in [0, 0.1) is 5.92 Å². The summed E-state index contributed by atoms with van der Waals surface area (Å²) in [5, 5.41) is 14.8. The van der Waals surface area contributed by atoms with Crippen molar-refractivity contribution in [2.24, 2.45) is 5.92 Å². The van der Waals surface area contributed by atoms with Crippen LogP contribution in [-0.4, -0.2) is 33.6 Å². The summed E-state index contributed by atoms with van der Waals surface area (Å²) in [4.78, 5) is 18.8. The van der Waals surface area contributed by atoms with Gasteiger partial charge in [0.25, 0.3) is 0 Å². The van der Waals surface area contributed by atoms with Gasteiger partial charge < -0.3 is 15.7 Å². The molecule has 6 nitrogen and oxygen atoms in total. The zero-order valence-electron chi connectivity index (χ0n) is 9.68. The molecular formula is C11H16N4O2. The Bertz CT molecular complexity index is 406. The van der Waals surface area contributed by atoms with Crippen molar-refractivity contribution >= 4 is 17.6 Å². The van der Waals surface area contributed by atoms with Crippen LogP contribution in [-0.2, 0) is 4.79 Å². The number of nitrogens with zero attached hydrogens (tertiary/aromatic N) is 2. The van der Waals surface area contributed by atoms with Crippen molar-refractivity contribution < 1.29 is 9.90 Å². The second-order valence-corrected chi connectivity index (χ2v) is 4.32. The predicted molar refractivity (Wildman–Crippen MR) is 64.0 cm³/mol. The number of aliphatic carboxylic acids is 1. The van der Waals surface area contributed by atoms with E-state index in [4.69, 9.17) is 5.11 Å². The van der Waals surface area contributed by atoms with Crippen molar-refractivity contribution in [2.75, 3.05) is 17.2 Å². The number of nitrogens with one attached hydrogen (secondary N) is 2. The summed E-state index contributed by atoms with van der Waals surface area (Å²) in [6, 6.07) is 1.06. The van der Waals surface area contributed by atoms with Crippen molar-refractivity contribution in [1.29, 1.82) is 0 Å². The van der Waals surface area contributed by atoms with Crippen LogP contribution in [0.5, 0.6) is 0 Å². The standard InChI is InChI=1S/C11H16N4O2/c1-7(11(16)17)15-10-4-9(13-6-14-10)12-5-8-2-3-8/h4,6-8H,2-3,5H2,1H3,(H,16,17)(H2,12,13,14,15). The third-order valence-corrected chi connectivity index (χ3v) is 2.67.